The number of hydrogen-bond donors (Lipinski definition) is 1. The third-order valence-corrected chi connectivity index (χ3v) is 4.20. The molecule has 1 N–H and O–H groups in total. The van der Waals surface area contributed by atoms with E-state index in [-0.39, 0.29) is 0 Å². The Bertz CT molecular complexity index is 488. The molecule has 1 aromatic heterocycles. The topological polar surface area (TPSA) is 24.9 Å². The zero-order valence-corrected chi connectivity index (χ0v) is 11.2. The summed E-state index contributed by atoms with van der Waals surface area (Å²) < 4.78 is 0. The van der Waals surface area contributed by atoms with Crippen molar-refractivity contribution in [3.05, 3.63) is 41.4 Å². The average Bonchev–Trinajstić information content (AvgIpc) is 3.12. The number of nitrogens with zero attached hydrogens (tertiary/aromatic N) is 1. The number of aromatic nitrogens is 1. The number of rotatable bonds is 6. The van der Waals surface area contributed by atoms with Gasteiger partial charge in [0.15, 0.2) is 0 Å². The minimum atomic E-state index is 0.959. The van der Waals surface area contributed by atoms with E-state index in [4.69, 9.17) is 4.98 Å². The highest BCUT2D eigenvalue weighted by Crippen LogP contribution is 2.27. The lowest BCUT2D eigenvalue weighted by Gasteiger charge is -2.00. The van der Waals surface area contributed by atoms with Crippen LogP contribution >= 0.6 is 11.3 Å². The summed E-state index contributed by atoms with van der Waals surface area (Å²) in [6.07, 6.45) is 3.87. The van der Waals surface area contributed by atoms with Crippen molar-refractivity contribution in [2.24, 2.45) is 5.92 Å². The highest BCUT2D eigenvalue weighted by Gasteiger charge is 2.19. The van der Waals surface area contributed by atoms with Crippen LogP contribution < -0.4 is 5.32 Å². The van der Waals surface area contributed by atoms with Gasteiger partial charge in [-0.1, -0.05) is 30.3 Å². The van der Waals surface area contributed by atoms with E-state index >= 15 is 0 Å². The molecule has 1 aliphatic carbocycles. The molecule has 0 radical (unpaired) electrons. The third kappa shape index (κ3) is 3.18. The first kappa shape index (κ1) is 11.9. The zero-order valence-electron chi connectivity index (χ0n) is 10.4. The summed E-state index contributed by atoms with van der Waals surface area (Å²) in [4.78, 5) is 4.69. The van der Waals surface area contributed by atoms with Crippen LogP contribution in [0.4, 0.5) is 0 Å². The molecule has 0 aliphatic heterocycles. The summed E-state index contributed by atoms with van der Waals surface area (Å²) in [7, 11) is 0. The van der Waals surface area contributed by atoms with Gasteiger partial charge in [0, 0.05) is 23.9 Å². The van der Waals surface area contributed by atoms with Crippen LogP contribution in [0.25, 0.3) is 10.6 Å². The van der Waals surface area contributed by atoms with E-state index in [2.05, 4.69) is 35.0 Å². The molecule has 0 amide bonds. The van der Waals surface area contributed by atoms with Crippen LogP contribution in [-0.2, 0) is 6.42 Å². The van der Waals surface area contributed by atoms with Crippen molar-refractivity contribution in [3.8, 4) is 10.6 Å². The number of hydrogen-bond acceptors (Lipinski definition) is 3. The van der Waals surface area contributed by atoms with Crippen LogP contribution in [0, 0.1) is 5.92 Å². The van der Waals surface area contributed by atoms with Crippen molar-refractivity contribution in [2.45, 2.75) is 19.3 Å². The Morgan fingerprint density at radius 1 is 1.22 bits per heavy atom. The Morgan fingerprint density at radius 2 is 2.06 bits per heavy atom. The fraction of sp³-hybridized carbons (Fsp3) is 0.400. The van der Waals surface area contributed by atoms with E-state index in [0.29, 0.717) is 0 Å². The number of nitrogens with one attached hydrogen (secondary N) is 1. The summed E-state index contributed by atoms with van der Waals surface area (Å²) in [6, 6.07) is 10.4. The van der Waals surface area contributed by atoms with Crippen molar-refractivity contribution < 1.29 is 0 Å². The molecule has 1 aliphatic rings. The van der Waals surface area contributed by atoms with Gasteiger partial charge in [-0.15, -0.1) is 11.3 Å². The molecule has 0 spiro atoms. The second-order valence-electron chi connectivity index (χ2n) is 4.91. The SMILES string of the molecule is c1ccc(-c2nc(CCNCC3CC3)cs2)cc1. The highest BCUT2D eigenvalue weighted by molar-refractivity contribution is 7.13. The van der Waals surface area contributed by atoms with Crippen molar-refractivity contribution in [1.29, 1.82) is 0 Å². The predicted molar refractivity (Wildman–Crippen MR) is 76.8 cm³/mol. The molecule has 18 heavy (non-hydrogen) atoms. The lowest BCUT2D eigenvalue weighted by atomic mass is 10.2. The van der Waals surface area contributed by atoms with Crippen LogP contribution in [-0.4, -0.2) is 18.1 Å². The fourth-order valence-electron chi connectivity index (χ4n) is 1.98. The highest BCUT2D eigenvalue weighted by atomic mass is 32.1. The summed E-state index contributed by atoms with van der Waals surface area (Å²) in [5.41, 5.74) is 2.43. The standard InChI is InChI=1S/C15H18N2S/c1-2-4-13(5-3-1)15-17-14(11-18-15)8-9-16-10-12-6-7-12/h1-5,11-12,16H,6-10H2. The molecule has 3 rings (SSSR count). The normalized spacial score (nSPS) is 14.9. The molecule has 0 bridgehead atoms. The van der Waals surface area contributed by atoms with Crippen molar-refractivity contribution in [1.82, 2.24) is 10.3 Å². The molecule has 1 aromatic carbocycles. The molecule has 1 heterocycles. The first-order valence-corrected chi connectivity index (χ1v) is 7.50. The maximum atomic E-state index is 4.69. The quantitative estimate of drug-likeness (QED) is 0.804. The molecule has 94 valence electrons. The summed E-state index contributed by atoms with van der Waals surface area (Å²) in [5.74, 6) is 0.959. The van der Waals surface area contributed by atoms with E-state index in [1.165, 1.54) is 30.6 Å². The molecular weight excluding hydrogens is 240 g/mol. The maximum Gasteiger partial charge on any atom is 0.123 e. The van der Waals surface area contributed by atoms with Gasteiger partial charge in [0.1, 0.15) is 5.01 Å². The van der Waals surface area contributed by atoms with Gasteiger partial charge in [-0.2, -0.15) is 0 Å². The molecule has 0 saturated heterocycles. The van der Waals surface area contributed by atoms with Crippen LogP contribution in [0.1, 0.15) is 18.5 Å². The van der Waals surface area contributed by atoms with E-state index < -0.39 is 0 Å². The second kappa shape index (κ2) is 5.63. The summed E-state index contributed by atoms with van der Waals surface area (Å²) >= 11 is 1.74. The Hall–Kier alpha value is -1.19. The van der Waals surface area contributed by atoms with Crippen molar-refractivity contribution in [3.63, 3.8) is 0 Å². The van der Waals surface area contributed by atoms with E-state index in [1.54, 1.807) is 11.3 Å². The largest absolute Gasteiger partial charge is 0.316 e. The first-order valence-electron chi connectivity index (χ1n) is 6.62. The van der Waals surface area contributed by atoms with Gasteiger partial charge in [-0.05, 0) is 25.3 Å². The van der Waals surface area contributed by atoms with Gasteiger partial charge in [0.2, 0.25) is 0 Å². The maximum absolute atomic E-state index is 4.69. The van der Waals surface area contributed by atoms with Crippen molar-refractivity contribution >= 4 is 11.3 Å². The fourth-order valence-corrected chi connectivity index (χ4v) is 2.84. The lowest BCUT2D eigenvalue weighted by Crippen LogP contribution is -2.19. The first-order chi connectivity index (χ1) is 8.92. The van der Waals surface area contributed by atoms with Gasteiger partial charge in [0.05, 0.1) is 5.69 Å². The molecule has 0 atom stereocenters. The zero-order chi connectivity index (χ0) is 12.2. The van der Waals surface area contributed by atoms with Crippen molar-refractivity contribution in [2.75, 3.05) is 13.1 Å². The predicted octanol–water partition coefficient (Wildman–Crippen LogP) is 3.35. The second-order valence-corrected chi connectivity index (χ2v) is 5.77. The van der Waals surface area contributed by atoms with Gasteiger partial charge in [0.25, 0.3) is 0 Å². The average molecular weight is 258 g/mol. The Balaban J connectivity index is 1.52. The van der Waals surface area contributed by atoms with E-state index in [9.17, 15) is 0 Å². The lowest BCUT2D eigenvalue weighted by molar-refractivity contribution is 0.634. The van der Waals surface area contributed by atoms with Crippen LogP contribution in [0.3, 0.4) is 0 Å². The van der Waals surface area contributed by atoms with E-state index in [1.807, 2.05) is 6.07 Å². The van der Waals surface area contributed by atoms with Crippen LogP contribution in [0.2, 0.25) is 0 Å². The molecular formula is C15H18N2S. The van der Waals surface area contributed by atoms with Gasteiger partial charge >= 0.3 is 0 Å². The Morgan fingerprint density at radius 3 is 2.83 bits per heavy atom. The minimum Gasteiger partial charge on any atom is -0.316 e. The van der Waals surface area contributed by atoms with Crippen LogP contribution in [0.15, 0.2) is 35.7 Å². The number of benzene rings is 1. The molecule has 1 saturated carbocycles. The van der Waals surface area contributed by atoms with Gasteiger partial charge in [-0.25, -0.2) is 4.98 Å². The third-order valence-electron chi connectivity index (χ3n) is 3.26. The Kier molecular flexibility index (Phi) is 3.72. The Labute approximate surface area is 112 Å². The molecule has 0 unspecified atom stereocenters. The smallest absolute Gasteiger partial charge is 0.123 e. The van der Waals surface area contributed by atoms with E-state index in [0.717, 1.165) is 23.9 Å². The van der Waals surface area contributed by atoms with Crippen LogP contribution in [0.5, 0.6) is 0 Å². The van der Waals surface area contributed by atoms with Gasteiger partial charge < -0.3 is 5.32 Å². The monoisotopic (exact) mass is 258 g/mol. The minimum absolute atomic E-state index is 0.959. The molecule has 2 aromatic rings. The summed E-state index contributed by atoms with van der Waals surface area (Å²) in [6.45, 7) is 2.24. The summed E-state index contributed by atoms with van der Waals surface area (Å²) in [5, 5.41) is 6.82. The number of thiazole rings is 1. The van der Waals surface area contributed by atoms with Gasteiger partial charge in [-0.3, -0.25) is 0 Å². The molecule has 2 nitrogen and oxygen atoms in total. The molecule has 1 fully saturated rings. The molecule has 3 heteroatoms.